The van der Waals surface area contributed by atoms with E-state index in [1.807, 2.05) is 0 Å². The third-order valence-electron chi connectivity index (χ3n) is 21.2. The Hall–Kier alpha value is -7.80. The lowest BCUT2D eigenvalue weighted by molar-refractivity contribution is 0.531. The molecule has 0 aliphatic heterocycles. The van der Waals surface area contributed by atoms with Crippen LogP contribution in [0.25, 0.3) is 64.6 Å². The van der Waals surface area contributed by atoms with E-state index in [0.717, 1.165) is 0 Å². The van der Waals surface area contributed by atoms with Crippen molar-refractivity contribution < 1.29 is 0 Å². The van der Waals surface area contributed by atoms with Gasteiger partial charge in [-0.3, -0.25) is 0 Å². The highest BCUT2D eigenvalue weighted by molar-refractivity contribution is 5.93. The molecule has 0 aliphatic carbocycles. The van der Waals surface area contributed by atoms with E-state index in [1.165, 1.54) is 131 Å². The molecule has 0 bridgehead atoms. The summed E-state index contributed by atoms with van der Waals surface area (Å²) in [7, 11) is 0. The Morgan fingerprint density at radius 1 is 0.147 bits per heavy atom. The number of rotatable bonds is 0. The van der Waals surface area contributed by atoms with Gasteiger partial charge in [0.2, 0.25) is 0 Å². The Kier molecular flexibility index (Phi) is 27.5. The van der Waals surface area contributed by atoms with Crippen LogP contribution in [0.15, 0.2) is 218 Å². The minimum atomic E-state index is 0. The Morgan fingerprint density at radius 2 is 0.394 bits per heavy atom. The van der Waals surface area contributed by atoms with Crippen LogP contribution >= 0.6 is 0 Å². The van der Waals surface area contributed by atoms with Crippen LogP contribution in [-0.4, -0.2) is 0 Å². The van der Waals surface area contributed by atoms with Crippen molar-refractivity contribution in [3.05, 3.63) is 285 Å². The predicted octanol–water partition coefficient (Wildman–Crippen LogP) is 33.2. The van der Waals surface area contributed by atoms with Gasteiger partial charge in [-0.25, -0.2) is 0 Å². The molecular weight excluding hydrogens is 1310 g/mol. The lowest BCUT2D eigenvalue weighted by atomic mass is 9.73. The van der Waals surface area contributed by atoms with Crippen molar-refractivity contribution in [2.24, 2.45) is 0 Å². The zero-order valence-electron chi connectivity index (χ0n) is 74.8. The zero-order chi connectivity index (χ0) is 81.3. The van der Waals surface area contributed by atoms with E-state index >= 15 is 0 Å². The second kappa shape index (κ2) is 33.3. The Labute approximate surface area is 667 Å². The van der Waals surface area contributed by atoms with Gasteiger partial charge in [0.05, 0.1) is 0 Å². The van der Waals surface area contributed by atoms with Crippen molar-refractivity contribution in [1.82, 2.24) is 0 Å². The van der Waals surface area contributed by atoms with Gasteiger partial charge in [0, 0.05) is 0 Å². The summed E-state index contributed by atoms with van der Waals surface area (Å²) in [6.45, 7) is 82.4. The molecule has 0 fully saturated rings. The largest absolute Gasteiger partial charge is 0.0776 e. The Bertz CT molecular complexity index is 4690. The normalized spacial score (nSPS) is 12.9. The van der Waals surface area contributed by atoms with Gasteiger partial charge in [0.15, 0.2) is 0 Å². The maximum absolute atomic E-state index is 2.37. The molecule has 584 valence electrons. The standard InChI is InChI=1S/6C18H24.CH4/c1-17(2,3)15-11-7-10-14-13(15)9-8-12-16(14)18(4,5)6;1-17(2,3)15-9-7-13-8-10-16(18(4,5)6)12-14(13)11-15;1-17(2,3)14-11-7-9-13-10-8-12-15(16(13)14)18(4,5)6;1-17(2,3)15-11-13-9-7-8-10-14(13)12-16(15)18(4,5)6;1-17(2,3)15-11-12-16(18(4,5)6)14-10-8-7-9-13(14)15;1-17(2,3)15-12-11-13-9-7-8-10-14(13)16(15)18(4,5)6;/h6*7-12H,1-6H3;1H4. The van der Waals surface area contributed by atoms with Gasteiger partial charge in [0.25, 0.3) is 0 Å². The highest BCUT2D eigenvalue weighted by Crippen LogP contribution is 2.43. The Balaban J connectivity index is 0.000000204. The molecule has 12 rings (SSSR count). The van der Waals surface area contributed by atoms with E-state index in [0.29, 0.717) is 0 Å². The fourth-order valence-electron chi connectivity index (χ4n) is 15.2. The van der Waals surface area contributed by atoms with Crippen LogP contribution in [0.3, 0.4) is 0 Å². The summed E-state index contributed by atoms with van der Waals surface area (Å²) < 4.78 is 0. The van der Waals surface area contributed by atoms with Crippen LogP contribution in [-0.2, 0) is 65.0 Å². The van der Waals surface area contributed by atoms with Crippen molar-refractivity contribution in [3.63, 3.8) is 0 Å². The summed E-state index contributed by atoms with van der Waals surface area (Å²) in [6, 6.07) is 80.5. The fourth-order valence-corrected chi connectivity index (χ4v) is 15.2. The highest BCUT2D eigenvalue weighted by Gasteiger charge is 2.30. The van der Waals surface area contributed by atoms with E-state index in [9.17, 15) is 0 Å². The molecule has 12 aromatic rings. The summed E-state index contributed by atoms with van der Waals surface area (Å²) in [5, 5.41) is 16.5. The lowest BCUT2D eigenvalue weighted by Gasteiger charge is -2.31. The number of hydrogen-bond acceptors (Lipinski definition) is 0. The van der Waals surface area contributed by atoms with Crippen LogP contribution in [0.2, 0.25) is 0 Å². The first kappa shape index (κ1) is 90.1. The van der Waals surface area contributed by atoms with Gasteiger partial charge < -0.3 is 0 Å². The van der Waals surface area contributed by atoms with E-state index < -0.39 is 0 Å². The minimum Gasteiger partial charge on any atom is -0.0776 e. The lowest BCUT2D eigenvalue weighted by Crippen LogP contribution is -2.22. The molecule has 109 heavy (non-hydrogen) atoms. The van der Waals surface area contributed by atoms with E-state index in [4.69, 9.17) is 0 Å². The van der Waals surface area contributed by atoms with Gasteiger partial charge in [0.1, 0.15) is 0 Å². The second-order valence-electron chi connectivity index (χ2n) is 43.4. The summed E-state index contributed by atoms with van der Waals surface area (Å²) in [6.07, 6.45) is 0. The van der Waals surface area contributed by atoms with Gasteiger partial charge in [-0.05, 0) is 196 Å². The van der Waals surface area contributed by atoms with Crippen LogP contribution in [0.4, 0.5) is 0 Å². The van der Waals surface area contributed by atoms with Crippen molar-refractivity contribution in [2.45, 2.75) is 322 Å². The molecule has 0 nitrogen and oxygen atoms in total. The van der Waals surface area contributed by atoms with Crippen LogP contribution in [0.1, 0.15) is 323 Å². The van der Waals surface area contributed by atoms with Gasteiger partial charge >= 0.3 is 0 Å². The van der Waals surface area contributed by atoms with Crippen molar-refractivity contribution in [2.75, 3.05) is 0 Å². The van der Waals surface area contributed by atoms with Gasteiger partial charge in [-0.2, -0.15) is 0 Å². The monoisotopic (exact) mass is 1460 g/mol. The predicted molar refractivity (Wildman–Crippen MR) is 495 cm³/mol. The third-order valence-corrected chi connectivity index (χ3v) is 21.2. The highest BCUT2D eigenvalue weighted by atomic mass is 14.3. The summed E-state index contributed by atoms with van der Waals surface area (Å²) in [5.74, 6) is 0. The first-order valence-corrected chi connectivity index (χ1v) is 40.4. The molecule has 0 atom stereocenters. The molecule has 0 aromatic heterocycles. The molecule has 0 N–H and O–H groups in total. The quantitative estimate of drug-likeness (QED) is 0.142. The number of benzene rings is 12. The third kappa shape index (κ3) is 22.9. The molecule has 0 aliphatic rings. The van der Waals surface area contributed by atoms with Crippen LogP contribution in [0.5, 0.6) is 0 Å². The van der Waals surface area contributed by atoms with E-state index in [1.54, 1.807) is 0 Å². The van der Waals surface area contributed by atoms with Crippen molar-refractivity contribution in [1.29, 1.82) is 0 Å². The van der Waals surface area contributed by atoms with Gasteiger partial charge in [-0.1, -0.05) is 475 Å². The minimum absolute atomic E-state index is 0. The van der Waals surface area contributed by atoms with E-state index in [2.05, 4.69) is 468 Å². The maximum Gasteiger partial charge on any atom is -0.0109 e. The summed E-state index contributed by atoms with van der Waals surface area (Å²) in [4.78, 5) is 0. The Morgan fingerprint density at radius 3 is 0.706 bits per heavy atom. The molecule has 0 heterocycles. The topological polar surface area (TPSA) is 0 Å². The van der Waals surface area contributed by atoms with Gasteiger partial charge in [-0.15, -0.1) is 0 Å². The van der Waals surface area contributed by atoms with Crippen molar-refractivity contribution in [3.8, 4) is 0 Å². The average molecular weight is 1460 g/mol. The maximum atomic E-state index is 2.37. The molecule has 0 unspecified atom stereocenters. The smallest absolute Gasteiger partial charge is 0.0109 e. The molecule has 0 spiro atoms. The zero-order valence-corrected chi connectivity index (χ0v) is 74.8. The second-order valence-corrected chi connectivity index (χ2v) is 43.4. The van der Waals surface area contributed by atoms with Crippen molar-refractivity contribution >= 4 is 64.6 Å². The first-order valence-electron chi connectivity index (χ1n) is 40.4. The molecule has 0 saturated carbocycles. The van der Waals surface area contributed by atoms with Crippen LogP contribution < -0.4 is 0 Å². The SMILES string of the molecule is C.CC(C)(C)c1cc2ccccc2cc1C(C)(C)C.CC(C)(C)c1ccc(C(C)(C)C)c2ccccc12.CC(C)(C)c1ccc2ccc(C(C)(C)C)cc2c1.CC(C)(C)c1ccc2ccccc2c1C(C)(C)C.CC(C)(C)c1cccc2c(C(C)(C)C)cccc12.CC(C)(C)c1cccc2cccc(C(C)(C)C)c12. The molecule has 0 saturated heterocycles. The van der Waals surface area contributed by atoms with Crippen LogP contribution in [0, 0.1) is 0 Å². The fraction of sp³-hybridized carbons (Fsp3) is 0.450. The number of fused-ring (bicyclic) bond motifs is 6. The molecular formula is C109H148. The first-order chi connectivity index (χ1) is 49.2. The molecule has 0 amide bonds. The summed E-state index contributed by atoms with van der Waals surface area (Å²) >= 11 is 0. The average Bonchev–Trinajstić information content (AvgIpc) is 0.821. The molecule has 0 heteroatoms. The molecule has 12 aromatic carbocycles. The summed E-state index contributed by atoms with van der Waals surface area (Å²) in [5.41, 5.74) is 19.6. The molecule has 0 radical (unpaired) electrons. The van der Waals surface area contributed by atoms with E-state index in [-0.39, 0.29) is 72.4 Å². The number of hydrogen-bond donors (Lipinski definition) is 0.